The number of rotatable bonds is 4. The van der Waals surface area contributed by atoms with Crippen molar-refractivity contribution in [3.8, 4) is 0 Å². The summed E-state index contributed by atoms with van der Waals surface area (Å²) in [6.07, 6.45) is 0.837. The molecule has 1 saturated heterocycles. The van der Waals surface area contributed by atoms with E-state index in [1.165, 1.54) is 0 Å². The molecule has 7 nitrogen and oxygen atoms in total. The highest BCUT2D eigenvalue weighted by atomic mass is 16.5. The van der Waals surface area contributed by atoms with E-state index in [-0.39, 0.29) is 23.8 Å². The molecule has 2 amide bonds. The van der Waals surface area contributed by atoms with Gasteiger partial charge in [0.15, 0.2) is 0 Å². The molecule has 1 aliphatic rings. The molecule has 7 heteroatoms. The molecular formula is C9H18N4O3. The second kappa shape index (κ2) is 6.16. The standard InChI is InChI=1S/C9H18N4O3/c1-6(8(10)13-15)4-11-9(14)12-7-2-3-16-5-7/h6-7,15H,2-5H2,1H3,(H2,10,13)(H2,11,12,14). The first kappa shape index (κ1) is 12.6. The van der Waals surface area contributed by atoms with E-state index in [1.807, 2.05) is 0 Å². The number of carbonyl (C=O) groups excluding carboxylic acids is 1. The minimum Gasteiger partial charge on any atom is -0.409 e. The molecule has 0 radical (unpaired) electrons. The van der Waals surface area contributed by atoms with E-state index in [0.717, 1.165) is 6.42 Å². The molecule has 0 saturated carbocycles. The predicted molar refractivity (Wildman–Crippen MR) is 58.3 cm³/mol. The van der Waals surface area contributed by atoms with Crippen LogP contribution in [-0.4, -0.2) is 42.9 Å². The van der Waals surface area contributed by atoms with Crippen LogP contribution in [0.1, 0.15) is 13.3 Å². The summed E-state index contributed by atoms with van der Waals surface area (Å²) in [5.74, 6) is -0.0972. The molecule has 5 N–H and O–H groups in total. The van der Waals surface area contributed by atoms with E-state index in [2.05, 4.69) is 15.8 Å². The number of nitrogens with two attached hydrogens (primary N) is 1. The molecule has 2 unspecified atom stereocenters. The number of ether oxygens (including phenoxy) is 1. The van der Waals surface area contributed by atoms with E-state index < -0.39 is 0 Å². The van der Waals surface area contributed by atoms with Crippen molar-refractivity contribution < 1.29 is 14.7 Å². The highest BCUT2D eigenvalue weighted by Gasteiger charge is 2.18. The maximum absolute atomic E-state index is 11.4. The third-order valence-electron chi connectivity index (χ3n) is 2.45. The van der Waals surface area contributed by atoms with Gasteiger partial charge in [0.25, 0.3) is 0 Å². The number of hydrogen-bond donors (Lipinski definition) is 4. The number of amidine groups is 1. The number of urea groups is 1. The fourth-order valence-corrected chi connectivity index (χ4v) is 1.33. The van der Waals surface area contributed by atoms with Crippen LogP contribution >= 0.6 is 0 Å². The van der Waals surface area contributed by atoms with Crippen LogP contribution in [0.3, 0.4) is 0 Å². The zero-order valence-corrected chi connectivity index (χ0v) is 9.27. The first-order valence-electron chi connectivity index (χ1n) is 5.23. The van der Waals surface area contributed by atoms with Crippen molar-refractivity contribution in [2.24, 2.45) is 16.8 Å². The van der Waals surface area contributed by atoms with Gasteiger partial charge in [-0.2, -0.15) is 0 Å². The van der Waals surface area contributed by atoms with Crippen molar-refractivity contribution in [1.82, 2.24) is 10.6 Å². The van der Waals surface area contributed by atoms with Crippen LogP contribution in [0.2, 0.25) is 0 Å². The van der Waals surface area contributed by atoms with E-state index >= 15 is 0 Å². The van der Waals surface area contributed by atoms with Crippen molar-refractivity contribution in [3.05, 3.63) is 0 Å². The summed E-state index contributed by atoms with van der Waals surface area (Å²) >= 11 is 0. The fraction of sp³-hybridized carbons (Fsp3) is 0.778. The van der Waals surface area contributed by atoms with Gasteiger partial charge < -0.3 is 26.3 Å². The van der Waals surface area contributed by atoms with Crippen LogP contribution in [0.25, 0.3) is 0 Å². The molecule has 1 rings (SSSR count). The van der Waals surface area contributed by atoms with Gasteiger partial charge in [-0.05, 0) is 6.42 Å². The second-order valence-electron chi connectivity index (χ2n) is 3.84. The molecule has 1 heterocycles. The molecule has 2 atom stereocenters. The lowest BCUT2D eigenvalue weighted by Gasteiger charge is -2.14. The maximum Gasteiger partial charge on any atom is 0.315 e. The van der Waals surface area contributed by atoms with Crippen LogP contribution < -0.4 is 16.4 Å². The number of carbonyl (C=O) groups is 1. The lowest BCUT2D eigenvalue weighted by atomic mass is 10.1. The summed E-state index contributed by atoms with van der Waals surface area (Å²) in [7, 11) is 0. The molecule has 0 bridgehead atoms. The van der Waals surface area contributed by atoms with E-state index in [1.54, 1.807) is 6.92 Å². The van der Waals surface area contributed by atoms with Gasteiger partial charge in [-0.15, -0.1) is 0 Å². The van der Waals surface area contributed by atoms with Gasteiger partial charge >= 0.3 is 6.03 Å². The molecule has 0 aromatic carbocycles. The Hall–Kier alpha value is -1.50. The second-order valence-corrected chi connectivity index (χ2v) is 3.84. The van der Waals surface area contributed by atoms with Crippen LogP contribution in [0.4, 0.5) is 4.79 Å². The lowest BCUT2D eigenvalue weighted by Crippen LogP contribution is -2.45. The molecule has 1 aliphatic heterocycles. The zero-order valence-electron chi connectivity index (χ0n) is 9.27. The Labute approximate surface area is 94.0 Å². The van der Waals surface area contributed by atoms with E-state index in [9.17, 15) is 4.79 Å². The van der Waals surface area contributed by atoms with Gasteiger partial charge in [-0.1, -0.05) is 12.1 Å². The van der Waals surface area contributed by atoms with Crippen molar-refractivity contribution in [2.45, 2.75) is 19.4 Å². The Morgan fingerprint density at radius 3 is 3.06 bits per heavy atom. The summed E-state index contributed by atoms with van der Waals surface area (Å²) in [6.45, 7) is 3.33. The fourth-order valence-electron chi connectivity index (χ4n) is 1.33. The molecule has 0 aromatic rings. The topological polar surface area (TPSA) is 109 Å². The van der Waals surface area contributed by atoms with Gasteiger partial charge in [0.05, 0.1) is 12.6 Å². The first-order valence-corrected chi connectivity index (χ1v) is 5.23. The molecule has 16 heavy (non-hydrogen) atoms. The van der Waals surface area contributed by atoms with Crippen molar-refractivity contribution in [3.63, 3.8) is 0 Å². The molecule has 1 fully saturated rings. The average Bonchev–Trinajstić information content (AvgIpc) is 2.77. The van der Waals surface area contributed by atoms with Crippen LogP contribution in [-0.2, 0) is 4.74 Å². The number of amides is 2. The predicted octanol–water partition coefficient (Wildman–Crippen LogP) is -0.543. The van der Waals surface area contributed by atoms with Crippen LogP contribution in [0.5, 0.6) is 0 Å². The molecule has 92 valence electrons. The van der Waals surface area contributed by atoms with Gasteiger partial charge in [-0.3, -0.25) is 0 Å². The number of hydrogen-bond acceptors (Lipinski definition) is 4. The summed E-state index contributed by atoms with van der Waals surface area (Å²) in [5.41, 5.74) is 5.37. The van der Waals surface area contributed by atoms with Crippen LogP contribution in [0.15, 0.2) is 5.16 Å². The average molecular weight is 230 g/mol. The molecule has 0 spiro atoms. The Morgan fingerprint density at radius 2 is 2.50 bits per heavy atom. The van der Waals surface area contributed by atoms with Crippen molar-refractivity contribution >= 4 is 11.9 Å². The van der Waals surface area contributed by atoms with Gasteiger partial charge in [0, 0.05) is 19.1 Å². The normalized spacial score (nSPS) is 22.8. The number of nitrogens with zero attached hydrogens (tertiary/aromatic N) is 1. The first-order chi connectivity index (χ1) is 7.63. The smallest absolute Gasteiger partial charge is 0.315 e. The lowest BCUT2D eigenvalue weighted by molar-refractivity contribution is 0.188. The number of oxime groups is 1. The minimum atomic E-state index is -0.256. The highest BCUT2D eigenvalue weighted by molar-refractivity contribution is 5.83. The highest BCUT2D eigenvalue weighted by Crippen LogP contribution is 2.02. The third kappa shape index (κ3) is 3.93. The van der Waals surface area contributed by atoms with Gasteiger partial charge in [0.2, 0.25) is 0 Å². The van der Waals surface area contributed by atoms with E-state index in [4.69, 9.17) is 15.7 Å². The summed E-state index contributed by atoms with van der Waals surface area (Å²) < 4.78 is 5.12. The van der Waals surface area contributed by atoms with Crippen LogP contribution in [0, 0.1) is 5.92 Å². The minimum absolute atomic E-state index is 0.0826. The summed E-state index contributed by atoms with van der Waals surface area (Å²) in [5, 5.41) is 16.7. The van der Waals surface area contributed by atoms with Crippen molar-refractivity contribution in [1.29, 1.82) is 0 Å². The Balaban J connectivity index is 2.19. The summed E-state index contributed by atoms with van der Waals surface area (Å²) in [6, 6.07) is -0.174. The largest absolute Gasteiger partial charge is 0.409 e. The Bertz CT molecular complexity index is 263. The summed E-state index contributed by atoms with van der Waals surface area (Å²) in [4.78, 5) is 11.4. The monoisotopic (exact) mass is 230 g/mol. The quantitative estimate of drug-likeness (QED) is 0.225. The Kier molecular flexibility index (Phi) is 4.84. The zero-order chi connectivity index (χ0) is 12.0. The maximum atomic E-state index is 11.4. The van der Waals surface area contributed by atoms with Gasteiger partial charge in [-0.25, -0.2) is 4.79 Å². The molecule has 0 aromatic heterocycles. The third-order valence-corrected chi connectivity index (χ3v) is 2.45. The van der Waals surface area contributed by atoms with Crippen molar-refractivity contribution in [2.75, 3.05) is 19.8 Å². The SMILES string of the molecule is CC(CNC(=O)NC1CCOC1)C(N)=NO. The Morgan fingerprint density at radius 1 is 1.75 bits per heavy atom. The number of nitrogens with one attached hydrogen (secondary N) is 2. The molecule has 0 aliphatic carbocycles. The van der Waals surface area contributed by atoms with E-state index in [0.29, 0.717) is 19.8 Å². The molecular weight excluding hydrogens is 212 g/mol. The van der Waals surface area contributed by atoms with Gasteiger partial charge in [0.1, 0.15) is 5.84 Å².